The third-order valence-corrected chi connectivity index (χ3v) is 9.10. The summed E-state index contributed by atoms with van der Waals surface area (Å²) < 4.78 is 28.2. The van der Waals surface area contributed by atoms with Crippen LogP contribution in [0.2, 0.25) is 0 Å². The molecule has 0 amide bonds. The molecule has 4 aromatic carbocycles. The first-order valence-electron chi connectivity index (χ1n) is 13.6. The number of nitrogens with zero attached hydrogens (tertiary/aromatic N) is 3. The van der Waals surface area contributed by atoms with Gasteiger partial charge in [0.1, 0.15) is 5.69 Å². The van der Waals surface area contributed by atoms with E-state index in [-0.39, 0.29) is 15.5 Å². The molecule has 1 heterocycles. The summed E-state index contributed by atoms with van der Waals surface area (Å²) in [7, 11) is -3.64. The molecule has 0 unspecified atom stereocenters. The predicted molar refractivity (Wildman–Crippen MR) is 163 cm³/mol. The number of nitro benzene ring substituents is 1. The van der Waals surface area contributed by atoms with Crippen molar-refractivity contribution in [2.75, 3.05) is 48.3 Å². The Balaban J connectivity index is 1.19. The number of hydrogen-bond donors (Lipinski definition) is 2. The number of rotatable bonds is 11. The van der Waals surface area contributed by atoms with E-state index >= 15 is 0 Å². The average molecular weight is 572 g/mol. The number of anilines is 3. The van der Waals surface area contributed by atoms with Crippen molar-refractivity contribution >= 4 is 32.8 Å². The topological polar surface area (TPSA) is 108 Å². The molecule has 0 radical (unpaired) electrons. The molecule has 5 rings (SSSR count). The summed E-state index contributed by atoms with van der Waals surface area (Å²) in [5.74, 6) is 0. The minimum atomic E-state index is -3.64. The molecule has 10 heteroatoms. The van der Waals surface area contributed by atoms with E-state index in [4.69, 9.17) is 0 Å². The van der Waals surface area contributed by atoms with E-state index in [2.05, 4.69) is 15.5 Å². The molecule has 1 saturated heterocycles. The van der Waals surface area contributed by atoms with Crippen molar-refractivity contribution in [1.82, 2.24) is 4.31 Å². The molecule has 0 bridgehead atoms. The Labute approximate surface area is 240 Å². The van der Waals surface area contributed by atoms with Crippen LogP contribution in [0.15, 0.2) is 108 Å². The molecule has 1 aliphatic rings. The second-order valence-corrected chi connectivity index (χ2v) is 11.8. The zero-order chi connectivity index (χ0) is 28.7. The summed E-state index contributed by atoms with van der Waals surface area (Å²) in [5, 5.41) is 18.2. The van der Waals surface area contributed by atoms with E-state index < -0.39 is 10.0 Å². The normalized spacial score (nSPS) is 14.0. The summed E-state index contributed by atoms with van der Waals surface area (Å²) in [6.45, 7) is 2.82. The second kappa shape index (κ2) is 12.8. The van der Waals surface area contributed by atoms with Crippen LogP contribution >= 0.6 is 0 Å². The summed E-state index contributed by atoms with van der Waals surface area (Å²) >= 11 is 0. The molecular formula is C31H33N5O4S. The van der Waals surface area contributed by atoms with Gasteiger partial charge in [-0.2, -0.15) is 4.31 Å². The Bertz CT molecular complexity index is 1560. The van der Waals surface area contributed by atoms with Crippen molar-refractivity contribution in [1.29, 1.82) is 0 Å². The van der Waals surface area contributed by atoms with Crippen LogP contribution in [0.4, 0.5) is 22.7 Å². The summed E-state index contributed by atoms with van der Waals surface area (Å²) in [4.78, 5) is 13.6. The van der Waals surface area contributed by atoms with Gasteiger partial charge in [0, 0.05) is 56.7 Å². The lowest BCUT2D eigenvalue weighted by Crippen LogP contribution is -2.48. The average Bonchev–Trinajstić information content (AvgIpc) is 3.01. The summed E-state index contributed by atoms with van der Waals surface area (Å²) in [6, 6.07) is 31.8. The fraction of sp³-hybridized carbons (Fsp3) is 0.226. The number of benzene rings is 4. The van der Waals surface area contributed by atoms with Crippen molar-refractivity contribution in [3.63, 3.8) is 0 Å². The van der Waals surface area contributed by atoms with Crippen molar-refractivity contribution in [3.05, 3.63) is 124 Å². The highest BCUT2D eigenvalue weighted by Gasteiger charge is 2.29. The van der Waals surface area contributed by atoms with Gasteiger partial charge in [0.15, 0.2) is 0 Å². The molecule has 0 aromatic heterocycles. The van der Waals surface area contributed by atoms with Gasteiger partial charge in [-0.15, -0.1) is 0 Å². The van der Waals surface area contributed by atoms with Crippen molar-refractivity contribution in [2.45, 2.75) is 17.9 Å². The Morgan fingerprint density at radius 3 is 2.02 bits per heavy atom. The zero-order valence-electron chi connectivity index (χ0n) is 22.6. The highest BCUT2D eigenvalue weighted by Crippen LogP contribution is 2.31. The molecule has 41 heavy (non-hydrogen) atoms. The number of nitro groups is 1. The quantitative estimate of drug-likeness (QED) is 0.184. The lowest BCUT2D eigenvalue weighted by atomic mass is 10.1. The minimum Gasteiger partial charge on any atom is -0.381 e. The molecule has 0 atom stereocenters. The first-order valence-corrected chi connectivity index (χ1v) is 15.0. The van der Waals surface area contributed by atoms with Crippen LogP contribution < -0.4 is 15.5 Å². The number of nitrogens with one attached hydrogen (secondary N) is 2. The van der Waals surface area contributed by atoms with Gasteiger partial charge >= 0.3 is 0 Å². The second-order valence-electron chi connectivity index (χ2n) is 9.88. The summed E-state index contributed by atoms with van der Waals surface area (Å²) in [6.07, 6.45) is 0.739. The lowest BCUT2D eigenvalue weighted by molar-refractivity contribution is -0.383. The van der Waals surface area contributed by atoms with Gasteiger partial charge in [0.25, 0.3) is 5.69 Å². The van der Waals surface area contributed by atoms with Crippen LogP contribution in [0.3, 0.4) is 0 Å². The Morgan fingerprint density at radius 2 is 1.39 bits per heavy atom. The highest BCUT2D eigenvalue weighted by molar-refractivity contribution is 7.89. The van der Waals surface area contributed by atoms with Gasteiger partial charge in [-0.3, -0.25) is 10.1 Å². The highest BCUT2D eigenvalue weighted by atomic mass is 32.2. The monoisotopic (exact) mass is 571 g/mol. The Kier molecular flexibility index (Phi) is 8.81. The third-order valence-electron chi connectivity index (χ3n) is 7.18. The molecule has 212 valence electrons. The summed E-state index contributed by atoms with van der Waals surface area (Å²) in [5.41, 5.74) is 4.44. The zero-order valence-corrected chi connectivity index (χ0v) is 23.5. The van der Waals surface area contributed by atoms with E-state index in [1.807, 2.05) is 60.7 Å². The largest absolute Gasteiger partial charge is 0.381 e. The molecule has 1 fully saturated rings. The van der Waals surface area contributed by atoms with Crippen LogP contribution in [0.5, 0.6) is 0 Å². The van der Waals surface area contributed by atoms with E-state index in [1.165, 1.54) is 10.4 Å². The van der Waals surface area contributed by atoms with Crippen LogP contribution in [-0.4, -0.2) is 50.4 Å². The first kappa shape index (κ1) is 28.1. The Hall–Kier alpha value is -4.41. The maximum absolute atomic E-state index is 13.3. The van der Waals surface area contributed by atoms with E-state index in [1.54, 1.807) is 36.4 Å². The van der Waals surface area contributed by atoms with Gasteiger partial charge in [-0.25, -0.2) is 8.42 Å². The van der Waals surface area contributed by atoms with Crippen LogP contribution in [0, 0.1) is 10.1 Å². The van der Waals surface area contributed by atoms with Gasteiger partial charge in [-0.05, 0) is 53.9 Å². The predicted octanol–water partition coefficient (Wildman–Crippen LogP) is 5.37. The van der Waals surface area contributed by atoms with Crippen LogP contribution in [0.1, 0.15) is 11.1 Å². The van der Waals surface area contributed by atoms with Gasteiger partial charge < -0.3 is 15.5 Å². The number of piperazine rings is 1. The molecular weight excluding hydrogens is 538 g/mol. The molecule has 0 saturated carbocycles. The van der Waals surface area contributed by atoms with Crippen molar-refractivity contribution in [2.24, 2.45) is 0 Å². The van der Waals surface area contributed by atoms with Crippen LogP contribution in [-0.2, 0) is 23.0 Å². The number of sulfonamides is 1. The fourth-order valence-electron chi connectivity index (χ4n) is 4.89. The van der Waals surface area contributed by atoms with Gasteiger partial charge in [0.2, 0.25) is 10.0 Å². The Morgan fingerprint density at radius 1 is 0.756 bits per heavy atom. The molecule has 0 aliphatic carbocycles. The molecule has 9 nitrogen and oxygen atoms in total. The first-order chi connectivity index (χ1) is 19.9. The van der Waals surface area contributed by atoms with E-state index in [0.717, 1.165) is 28.9 Å². The third kappa shape index (κ3) is 7.03. The molecule has 2 N–H and O–H groups in total. The van der Waals surface area contributed by atoms with Gasteiger partial charge in [0.05, 0.1) is 9.82 Å². The van der Waals surface area contributed by atoms with E-state index in [0.29, 0.717) is 45.0 Å². The van der Waals surface area contributed by atoms with Gasteiger partial charge in [-0.1, -0.05) is 60.7 Å². The molecule has 4 aromatic rings. The standard InChI is InChI=1S/C31H33N5O4S/c37-36(38)31-16-13-28(23-30(31)32-18-17-25-7-3-1-4-8-25)34-19-21-35(22-20-34)41(39,40)29-14-11-27(12-15-29)33-24-26-9-5-2-6-10-26/h1-16,23,32-33H,17-22,24H2. The van der Waals surface area contributed by atoms with E-state index in [9.17, 15) is 18.5 Å². The van der Waals surface area contributed by atoms with Crippen molar-refractivity contribution < 1.29 is 13.3 Å². The maximum Gasteiger partial charge on any atom is 0.292 e. The molecule has 0 spiro atoms. The number of hydrogen-bond acceptors (Lipinski definition) is 7. The SMILES string of the molecule is O=[N+]([O-])c1ccc(N2CCN(S(=O)(=O)c3ccc(NCc4ccccc4)cc3)CC2)cc1NCCc1ccccc1. The molecule has 1 aliphatic heterocycles. The minimum absolute atomic E-state index is 0.0183. The van der Waals surface area contributed by atoms with Crippen molar-refractivity contribution in [3.8, 4) is 0 Å². The smallest absolute Gasteiger partial charge is 0.292 e. The maximum atomic E-state index is 13.3. The van der Waals surface area contributed by atoms with Crippen LogP contribution in [0.25, 0.3) is 0 Å². The lowest BCUT2D eigenvalue weighted by Gasteiger charge is -2.35. The fourth-order valence-corrected chi connectivity index (χ4v) is 6.31.